The monoisotopic (exact) mass is 313 g/mol. The first kappa shape index (κ1) is 16.4. The van der Waals surface area contributed by atoms with E-state index < -0.39 is 9.84 Å². The normalized spacial score (nSPS) is 12.2. The fourth-order valence-corrected chi connectivity index (χ4v) is 2.72. The smallest absolute Gasteiger partial charge is 0.150 e. The lowest BCUT2D eigenvalue weighted by Gasteiger charge is -2.15. The maximum Gasteiger partial charge on any atom is 0.150 e. The molecule has 0 saturated carbocycles. The molecule has 0 heterocycles. The topological polar surface area (TPSA) is 37.4 Å². The molecule has 0 aromatic carbocycles. The van der Waals surface area contributed by atoms with Gasteiger partial charge in [-0.15, -0.1) is 0 Å². The van der Waals surface area contributed by atoms with Gasteiger partial charge in [0.25, 0.3) is 0 Å². The summed E-state index contributed by atoms with van der Waals surface area (Å²) in [6.07, 6.45) is 4.41. The molecule has 0 aliphatic heterocycles. The molecule has 0 aromatic rings. The quantitative estimate of drug-likeness (QED) is 0.459. The third-order valence-corrected chi connectivity index (χ3v) is 4.96. The number of sulfone groups is 1. The summed E-state index contributed by atoms with van der Waals surface area (Å²) in [7, 11) is -0.715. The third kappa shape index (κ3) is 9.60. The van der Waals surface area contributed by atoms with Crippen molar-refractivity contribution in [3.05, 3.63) is 0 Å². The molecule has 0 aliphatic rings. The summed E-state index contributed by atoms with van der Waals surface area (Å²) in [5.74, 6) is 0.594. The van der Waals surface area contributed by atoms with Crippen molar-refractivity contribution in [1.29, 1.82) is 0 Å². The Morgan fingerprint density at radius 3 is 2.25 bits per heavy atom. The SMILES string of the molecule is CCS(=O)(=O)CCCN(C)CCCCCBr. The molecular weight excluding hydrogens is 290 g/mol. The second-order valence-corrected chi connectivity index (χ2v) is 7.41. The van der Waals surface area contributed by atoms with E-state index in [0.29, 0.717) is 5.75 Å². The van der Waals surface area contributed by atoms with Crippen LogP contribution in [0.3, 0.4) is 0 Å². The molecular formula is C11H24BrNO2S. The van der Waals surface area contributed by atoms with Crippen molar-refractivity contribution in [2.24, 2.45) is 0 Å². The highest BCUT2D eigenvalue weighted by atomic mass is 79.9. The van der Waals surface area contributed by atoms with Crippen LogP contribution in [0.4, 0.5) is 0 Å². The van der Waals surface area contributed by atoms with E-state index in [-0.39, 0.29) is 5.75 Å². The largest absolute Gasteiger partial charge is 0.306 e. The van der Waals surface area contributed by atoms with Crippen LogP contribution in [-0.2, 0) is 9.84 Å². The lowest BCUT2D eigenvalue weighted by Crippen LogP contribution is -2.23. The second-order valence-electron chi connectivity index (χ2n) is 4.14. The van der Waals surface area contributed by atoms with Gasteiger partial charge < -0.3 is 4.90 Å². The molecule has 0 atom stereocenters. The Labute approximate surface area is 109 Å². The minimum absolute atomic E-state index is 0.266. The number of hydrogen-bond donors (Lipinski definition) is 0. The molecule has 0 unspecified atom stereocenters. The number of rotatable bonds is 10. The number of nitrogens with zero attached hydrogens (tertiary/aromatic N) is 1. The Morgan fingerprint density at radius 1 is 1.06 bits per heavy atom. The van der Waals surface area contributed by atoms with Crippen LogP contribution in [0.5, 0.6) is 0 Å². The van der Waals surface area contributed by atoms with Crippen LogP contribution in [0.25, 0.3) is 0 Å². The van der Waals surface area contributed by atoms with Crippen LogP contribution in [0, 0.1) is 0 Å². The number of alkyl halides is 1. The Hall–Kier alpha value is 0.390. The zero-order chi connectivity index (χ0) is 12.4. The average molecular weight is 314 g/mol. The first-order valence-electron chi connectivity index (χ1n) is 5.96. The first-order valence-corrected chi connectivity index (χ1v) is 8.91. The lowest BCUT2D eigenvalue weighted by molar-refractivity contribution is 0.326. The Balaban J connectivity index is 3.47. The summed E-state index contributed by atoms with van der Waals surface area (Å²) in [6, 6.07) is 0. The van der Waals surface area contributed by atoms with E-state index >= 15 is 0 Å². The van der Waals surface area contributed by atoms with Gasteiger partial charge in [-0.3, -0.25) is 0 Å². The molecule has 0 spiro atoms. The number of hydrogen-bond acceptors (Lipinski definition) is 3. The molecule has 0 aromatic heterocycles. The van der Waals surface area contributed by atoms with Gasteiger partial charge in [-0.05, 0) is 39.4 Å². The maximum atomic E-state index is 11.3. The maximum absolute atomic E-state index is 11.3. The van der Waals surface area contributed by atoms with Gasteiger partial charge >= 0.3 is 0 Å². The molecule has 3 nitrogen and oxygen atoms in total. The van der Waals surface area contributed by atoms with Crippen molar-refractivity contribution in [3.63, 3.8) is 0 Å². The predicted octanol–water partition coefficient (Wildman–Crippen LogP) is 2.31. The Morgan fingerprint density at radius 2 is 1.69 bits per heavy atom. The summed E-state index contributed by atoms with van der Waals surface area (Å²) >= 11 is 3.41. The minimum atomic E-state index is -2.78. The fourth-order valence-electron chi connectivity index (χ4n) is 1.46. The highest BCUT2D eigenvalue weighted by Crippen LogP contribution is 2.01. The van der Waals surface area contributed by atoms with Crippen molar-refractivity contribution in [3.8, 4) is 0 Å². The van der Waals surface area contributed by atoms with E-state index in [1.807, 2.05) is 0 Å². The second kappa shape index (κ2) is 9.42. The summed E-state index contributed by atoms with van der Waals surface area (Å²) in [4.78, 5) is 2.22. The van der Waals surface area contributed by atoms with Crippen LogP contribution in [-0.4, -0.2) is 50.3 Å². The van der Waals surface area contributed by atoms with Gasteiger partial charge in [-0.2, -0.15) is 0 Å². The van der Waals surface area contributed by atoms with Gasteiger partial charge in [-0.1, -0.05) is 29.3 Å². The number of unbranched alkanes of at least 4 members (excludes halogenated alkanes) is 2. The zero-order valence-electron chi connectivity index (χ0n) is 10.4. The molecule has 0 radical (unpaired) electrons. The molecule has 98 valence electrons. The van der Waals surface area contributed by atoms with E-state index in [0.717, 1.165) is 24.8 Å². The Bertz CT molecular complexity index is 255. The van der Waals surface area contributed by atoms with Crippen molar-refractivity contribution in [2.45, 2.75) is 32.6 Å². The Kier molecular flexibility index (Phi) is 9.65. The average Bonchev–Trinajstić information content (AvgIpc) is 2.24. The molecule has 0 bridgehead atoms. The van der Waals surface area contributed by atoms with E-state index in [1.54, 1.807) is 6.92 Å². The standard InChI is InChI=1S/C11H24BrNO2S/c1-3-16(14,15)11-7-10-13(2)9-6-4-5-8-12/h3-11H2,1-2H3. The van der Waals surface area contributed by atoms with Gasteiger partial charge in [0.15, 0.2) is 0 Å². The molecule has 0 N–H and O–H groups in total. The minimum Gasteiger partial charge on any atom is -0.306 e. The highest BCUT2D eigenvalue weighted by molar-refractivity contribution is 9.09. The van der Waals surface area contributed by atoms with Gasteiger partial charge in [-0.25, -0.2) is 8.42 Å². The summed E-state index contributed by atoms with van der Waals surface area (Å²) < 4.78 is 22.5. The summed E-state index contributed by atoms with van der Waals surface area (Å²) in [5.41, 5.74) is 0. The molecule has 5 heteroatoms. The van der Waals surface area contributed by atoms with Crippen LogP contribution < -0.4 is 0 Å². The van der Waals surface area contributed by atoms with Crippen LogP contribution in [0.15, 0.2) is 0 Å². The van der Waals surface area contributed by atoms with E-state index in [4.69, 9.17) is 0 Å². The van der Waals surface area contributed by atoms with Gasteiger partial charge in [0.2, 0.25) is 0 Å². The fraction of sp³-hybridized carbons (Fsp3) is 1.00. The summed E-state index contributed by atoms with van der Waals surface area (Å²) in [5, 5.41) is 1.07. The number of halogens is 1. The molecule has 0 fully saturated rings. The molecule has 16 heavy (non-hydrogen) atoms. The van der Waals surface area contributed by atoms with Gasteiger partial charge in [0, 0.05) is 11.1 Å². The van der Waals surface area contributed by atoms with Crippen molar-refractivity contribution in [1.82, 2.24) is 4.90 Å². The van der Waals surface area contributed by atoms with Gasteiger partial charge in [0.1, 0.15) is 9.84 Å². The van der Waals surface area contributed by atoms with E-state index in [1.165, 1.54) is 19.3 Å². The molecule has 0 aliphatic carbocycles. The molecule has 0 rings (SSSR count). The van der Waals surface area contributed by atoms with Crippen LogP contribution in [0.1, 0.15) is 32.6 Å². The van der Waals surface area contributed by atoms with Crippen LogP contribution >= 0.6 is 15.9 Å². The first-order chi connectivity index (χ1) is 7.52. The lowest BCUT2D eigenvalue weighted by atomic mass is 10.2. The van der Waals surface area contributed by atoms with Crippen molar-refractivity contribution in [2.75, 3.05) is 37.0 Å². The molecule has 0 saturated heterocycles. The molecule has 0 amide bonds. The zero-order valence-corrected chi connectivity index (χ0v) is 12.8. The van der Waals surface area contributed by atoms with E-state index in [2.05, 4.69) is 27.9 Å². The van der Waals surface area contributed by atoms with Gasteiger partial charge in [0.05, 0.1) is 5.75 Å². The highest BCUT2D eigenvalue weighted by Gasteiger charge is 2.07. The van der Waals surface area contributed by atoms with Crippen molar-refractivity contribution < 1.29 is 8.42 Å². The third-order valence-electron chi connectivity index (χ3n) is 2.61. The predicted molar refractivity (Wildman–Crippen MR) is 74.1 cm³/mol. The van der Waals surface area contributed by atoms with Crippen molar-refractivity contribution >= 4 is 25.8 Å². The van der Waals surface area contributed by atoms with E-state index in [9.17, 15) is 8.42 Å². The van der Waals surface area contributed by atoms with Crippen LogP contribution in [0.2, 0.25) is 0 Å². The summed E-state index contributed by atoms with van der Waals surface area (Å²) in [6.45, 7) is 3.66.